The van der Waals surface area contributed by atoms with Crippen LogP contribution >= 0.6 is 0 Å². The zero-order valence-corrected chi connectivity index (χ0v) is 19.1. The van der Waals surface area contributed by atoms with Gasteiger partial charge in [0.25, 0.3) is 5.56 Å². The predicted molar refractivity (Wildman–Crippen MR) is 128 cm³/mol. The summed E-state index contributed by atoms with van der Waals surface area (Å²) in [6.07, 6.45) is 1.25. The van der Waals surface area contributed by atoms with Crippen LogP contribution in [0, 0.1) is 0 Å². The second-order valence-corrected chi connectivity index (χ2v) is 8.37. The topological polar surface area (TPSA) is 119 Å². The zero-order valence-electron chi connectivity index (χ0n) is 19.1. The molecule has 2 heterocycles. The normalized spacial score (nSPS) is 18.1. The summed E-state index contributed by atoms with van der Waals surface area (Å²) in [4.78, 5) is 62.4. The summed E-state index contributed by atoms with van der Waals surface area (Å²) in [5.41, 5.74) is -0.0245. The van der Waals surface area contributed by atoms with E-state index in [1.807, 2.05) is 6.92 Å². The van der Waals surface area contributed by atoms with Crippen molar-refractivity contribution in [3.8, 4) is 0 Å². The molecular weight excluding hydrogens is 436 g/mol. The van der Waals surface area contributed by atoms with Gasteiger partial charge < -0.3 is 5.32 Å². The number of imide groups is 1. The molecule has 1 aliphatic heterocycles. The van der Waals surface area contributed by atoms with Crippen molar-refractivity contribution in [2.45, 2.75) is 51.6 Å². The fourth-order valence-corrected chi connectivity index (χ4v) is 4.59. The predicted octanol–water partition coefficient (Wildman–Crippen LogP) is 1.91. The Hall–Kier alpha value is -4.01. The third-order valence-electron chi connectivity index (χ3n) is 6.54. The summed E-state index contributed by atoms with van der Waals surface area (Å²) in [6.45, 7) is 3.55. The van der Waals surface area contributed by atoms with Crippen LogP contribution in [0.2, 0.25) is 0 Å². The Balaban J connectivity index is 1.58. The van der Waals surface area contributed by atoms with Crippen molar-refractivity contribution in [2.24, 2.45) is 0 Å². The fraction of sp³-hybridized carbons (Fsp3) is 0.320. The highest BCUT2D eigenvalue weighted by molar-refractivity contribution is 6.03. The number of benzene rings is 2. The minimum absolute atomic E-state index is 0.198. The molecule has 1 saturated heterocycles. The molecule has 176 valence electrons. The number of hydrogen-bond donors (Lipinski definition) is 2. The summed E-state index contributed by atoms with van der Waals surface area (Å²) in [6, 6.07) is 13.6. The van der Waals surface area contributed by atoms with E-state index >= 15 is 0 Å². The van der Waals surface area contributed by atoms with Gasteiger partial charge in [0.1, 0.15) is 6.54 Å². The van der Waals surface area contributed by atoms with Crippen molar-refractivity contribution in [2.75, 3.05) is 5.32 Å². The number of piperidine rings is 1. The number of carbonyl (C=O) groups excluding carboxylic acids is 3. The molecule has 9 heteroatoms. The van der Waals surface area contributed by atoms with Crippen LogP contribution < -0.4 is 21.9 Å². The average Bonchev–Trinajstić information content (AvgIpc) is 2.83. The molecule has 1 aliphatic rings. The van der Waals surface area contributed by atoms with Gasteiger partial charge in [0.05, 0.1) is 16.3 Å². The Bertz CT molecular complexity index is 1400. The van der Waals surface area contributed by atoms with Crippen molar-refractivity contribution in [3.05, 3.63) is 74.9 Å². The monoisotopic (exact) mass is 462 g/mol. The molecule has 1 fully saturated rings. The van der Waals surface area contributed by atoms with Gasteiger partial charge in [-0.15, -0.1) is 0 Å². The molecule has 0 radical (unpaired) electrons. The first-order chi connectivity index (χ1) is 16.3. The molecule has 1 atom stereocenters. The largest absolute Gasteiger partial charge is 0.331 e. The number of para-hydroxylation sites is 1. The van der Waals surface area contributed by atoms with E-state index in [4.69, 9.17) is 0 Å². The Labute approximate surface area is 195 Å². The molecule has 0 spiro atoms. The molecule has 1 unspecified atom stereocenters. The van der Waals surface area contributed by atoms with E-state index in [1.54, 1.807) is 55.5 Å². The second-order valence-electron chi connectivity index (χ2n) is 8.37. The van der Waals surface area contributed by atoms with E-state index in [1.165, 1.54) is 4.57 Å². The molecule has 2 N–H and O–H groups in total. The lowest BCUT2D eigenvalue weighted by atomic mass is 9.72. The van der Waals surface area contributed by atoms with Crippen molar-refractivity contribution in [1.29, 1.82) is 0 Å². The second kappa shape index (κ2) is 9.09. The van der Waals surface area contributed by atoms with Gasteiger partial charge in [0.2, 0.25) is 17.7 Å². The molecule has 9 nitrogen and oxygen atoms in total. The van der Waals surface area contributed by atoms with Crippen molar-refractivity contribution in [1.82, 2.24) is 14.5 Å². The van der Waals surface area contributed by atoms with E-state index in [2.05, 4.69) is 10.6 Å². The molecule has 3 aromatic rings. The van der Waals surface area contributed by atoms with Gasteiger partial charge in [-0.3, -0.25) is 33.6 Å². The van der Waals surface area contributed by atoms with Gasteiger partial charge in [0, 0.05) is 18.7 Å². The van der Waals surface area contributed by atoms with Crippen LogP contribution in [-0.4, -0.2) is 26.9 Å². The highest BCUT2D eigenvalue weighted by atomic mass is 16.2. The quantitative estimate of drug-likeness (QED) is 0.543. The Morgan fingerprint density at radius 2 is 1.71 bits per heavy atom. The van der Waals surface area contributed by atoms with E-state index in [9.17, 15) is 24.0 Å². The molecule has 0 aliphatic carbocycles. The summed E-state index contributed by atoms with van der Waals surface area (Å²) in [5.74, 6) is -0.997. The number of carbonyl (C=O) groups is 3. The van der Waals surface area contributed by atoms with Crippen LogP contribution in [-0.2, 0) is 32.9 Å². The van der Waals surface area contributed by atoms with Crippen LogP contribution in [0.5, 0.6) is 0 Å². The number of anilines is 1. The molecule has 2 aromatic carbocycles. The first-order valence-electron chi connectivity index (χ1n) is 11.3. The molecule has 3 amide bonds. The third kappa shape index (κ3) is 3.93. The van der Waals surface area contributed by atoms with Gasteiger partial charge in [-0.05, 0) is 49.6 Å². The Kier molecular flexibility index (Phi) is 6.19. The number of nitrogens with one attached hydrogen (secondary N) is 2. The number of nitrogens with zero attached hydrogens (tertiary/aromatic N) is 2. The Morgan fingerprint density at radius 1 is 1.00 bits per heavy atom. The number of rotatable bonds is 6. The lowest BCUT2D eigenvalue weighted by Crippen LogP contribution is -2.51. The highest BCUT2D eigenvalue weighted by Gasteiger charge is 2.42. The summed E-state index contributed by atoms with van der Waals surface area (Å²) in [7, 11) is 0. The van der Waals surface area contributed by atoms with Gasteiger partial charge in [-0.25, -0.2) is 4.79 Å². The van der Waals surface area contributed by atoms with Crippen LogP contribution in [0.15, 0.2) is 58.1 Å². The zero-order chi connectivity index (χ0) is 24.5. The molecule has 0 bridgehead atoms. The Morgan fingerprint density at radius 3 is 2.35 bits per heavy atom. The van der Waals surface area contributed by atoms with Gasteiger partial charge in [0.15, 0.2) is 0 Å². The molecule has 4 rings (SSSR count). The van der Waals surface area contributed by atoms with Crippen LogP contribution in [0.25, 0.3) is 10.9 Å². The average molecular weight is 463 g/mol. The molecule has 0 saturated carbocycles. The third-order valence-corrected chi connectivity index (χ3v) is 6.54. The minimum Gasteiger partial charge on any atom is -0.325 e. The molecular formula is C25H26N4O5. The van der Waals surface area contributed by atoms with E-state index in [0.29, 0.717) is 29.4 Å². The van der Waals surface area contributed by atoms with Gasteiger partial charge in [-0.2, -0.15) is 0 Å². The molecule has 34 heavy (non-hydrogen) atoms. The maximum atomic E-state index is 12.8. The smallest absolute Gasteiger partial charge is 0.325 e. The number of aromatic nitrogens is 2. The van der Waals surface area contributed by atoms with E-state index in [-0.39, 0.29) is 36.9 Å². The number of hydrogen-bond acceptors (Lipinski definition) is 5. The van der Waals surface area contributed by atoms with Crippen LogP contribution in [0.1, 0.15) is 38.7 Å². The van der Waals surface area contributed by atoms with Crippen molar-refractivity contribution in [3.63, 3.8) is 0 Å². The van der Waals surface area contributed by atoms with E-state index in [0.717, 1.165) is 10.1 Å². The maximum absolute atomic E-state index is 12.8. The summed E-state index contributed by atoms with van der Waals surface area (Å²) >= 11 is 0. The minimum atomic E-state index is -0.781. The fourth-order valence-electron chi connectivity index (χ4n) is 4.59. The van der Waals surface area contributed by atoms with E-state index < -0.39 is 17.0 Å². The van der Waals surface area contributed by atoms with Gasteiger partial charge in [-0.1, -0.05) is 31.2 Å². The van der Waals surface area contributed by atoms with Gasteiger partial charge >= 0.3 is 5.69 Å². The van der Waals surface area contributed by atoms with Crippen LogP contribution in [0.4, 0.5) is 5.69 Å². The summed E-state index contributed by atoms with van der Waals surface area (Å²) in [5, 5.41) is 5.57. The van der Waals surface area contributed by atoms with Crippen LogP contribution in [0.3, 0.4) is 0 Å². The first-order valence-corrected chi connectivity index (χ1v) is 11.3. The number of fused-ring (bicyclic) bond motifs is 1. The lowest BCUT2D eigenvalue weighted by molar-refractivity contribution is -0.138. The van der Waals surface area contributed by atoms with Crippen molar-refractivity contribution < 1.29 is 14.4 Å². The maximum Gasteiger partial charge on any atom is 0.331 e. The van der Waals surface area contributed by atoms with Crippen molar-refractivity contribution >= 4 is 34.3 Å². The number of amides is 3. The molecule has 1 aromatic heterocycles. The summed E-state index contributed by atoms with van der Waals surface area (Å²) < 4.78 is 2.40. The highest BCUT2D eigenvalue weighted by Crippen LogP contribution is 2.36. The SMILES string of the molecule is CCn1c(=O)c2ccccc2n(CC(=O)Nc2ccc(C3(CC)CCC(=O)NC3=O)cc2)c1=O. The standard InChI is InChI=1S/C25H26N4O5/c1-3-25(14-13-20(30)27-23(25)33)16-9-11-17(12-10-16)26-21(31)15-29-19-8-6-5-7-18(19)22(32)28(4-2)24(29)34/h5-12H,3-4,13-15H2,1-2H3,(H,26,31)(H,27,30,33). The first kappa shape index (κ1) is 23.2. The lowest BCUT2D eigenvalue weighted by Gasteiger charge is -2.35.